The first-order chi connectivity index (χ1) is 13.0. The highest BCUT2D eigenvalue weighted by Gasteiger charge is 2.19. The largest absolute Gasteiger partial charge is 0.492 e. The number of hydrogen-bond donors (Lipinski definition) is 0. The number of amides is 1. The summed E-state index contributed by atoms with van der Waals surface area (Å²) in [6, 6.07) is 15.1. The Morgan fingerprint density at radius 3 is 2.70 bits per heavy atom. The zero-order chi connectivity index (χ0) is 19.4. The molecule has 3 aromatic rings. The van der Waals surface area contributed by atoms with Crippen LogP contribution in [-0.2, 0) is 0 Å². The third-order valence-corrected chi connectivity index (χ3v) is 4.39. The van der Waals surface area contributed by atoms with E-state index in [0.717, 1.165) is 11.3 Å². The first-order valence-corrected chi connectivity index (χ1v) is 8.97. The number of benzene rings is 2. The van der Waals surface area contributed by atoms with E-state index in [2.05, 4.69) is 10.1 Å². The van der Waals surface area contributed by atoms with Crippen molar-refractivity contribution in [2.45, 2.75) is 13.8 Å². The van der Waals surface area contributed by atoms with Gasteiger partial charge in [0.1, 0.15) is 18.2 Å². The van der Waals surface area contributed by atoms with Crippen LogP contribution in [0.15, 0.2) is 48.5 Å². The highest BCUT2D eigenvalue weighted by Crippen LogP contribution is 2.20. The molecule has 3 rings (SSSR count). The molecule has 1 amide bonds. The van der Waals surface area contributed by atoms with Gasteiger partial charge in [-0.15, -0.1) is 5.10 Å². The van der Waals surface area contributed by atoms with E-state index in [-0.39, 0.29) is 11.7 Å². The number of likely N-dealkylation sites (N-methyl/N-ethyl adjacent to an activating group) is 1. The molecule has 1 heterocycles. The van der Waals surface area contributed by atoms with Gasteiger partial charge in [-0.3, -0.25) is 4.79 Å². The summed E-state index contributed by atoms with van der Waals surface area (Å²) in [6.07, 6.45) is 0. The van der Waals surface area contributed by atoms with Crippen LogP contribution in [0.25, 0.3) is 5.69 Å². The summed E-state index contributed by atoms with van der Waals surface area (Å²) in [4.78, 5) is 18.5. The van der Waals surface area contributed by atoms with Crippen molar-refractivity contribution in [1.29, 1.82) is 0 Å². The first kappa shape index (κ1) is 18.9. The van der Waals surface area contributed by atoms with E-state index in [1.807, 2.05) is 49.4 Å². The van der Waals surface area contributed by atoms with Gasteiger partial charge in [0.15, 0.2) is 0 Å². The fourth-order valence-corrected chi connectivity index (χ4v) is 2.83. The van der Waals surface area contributed by atoms with Gasteiger partial charge in [0.25, 0.3) is 5.91 Å². The van der Waals surface area contributed by atoms with E-state index in [0.29, 0.717) is 29.7 Å². The molecule has 0 unspecified atom stereocenters. The van der Waals surface area contributed by atoms with Gasteiger partial charge in [-0.25, -0.2) is 9.67 Å². The number of ether oxygens (including phenoxy) is 1. The molecule has 140 valence electrons. The Labute approximate surface area is 163 Å². The van der Waals surface area contributed by atoms with Crippen LogP contribution in [-0.4, -0.2) is 45.8 Å². The molecule has 0 saturated carbocycles. The molecule has 0 bridgehead atoms. The van der Waals surface area contributed by atoms with Crippen LogP contribution < -0.4 is 4.74 Å². The normalized spacial score (nSPS) is 10.7. The number of aromatic nitrogens is 3. The number of rotatable bonds is 6. The molecule has 0 saturated heterocycles. The standard InChI is InChI=1S/C20H21ClN4O2/c1-14-7-6-8-16(13-14)27-12-11-24(3)20(26)19-22-15(2)25(23-19)18-10-5-4-9-17(18)21/h4-10,13H,11-12H2,1-3H3. The maximum absolute atomic E-state index is 12.6. The number of carbonyl (C=O) groups is 1. The molecule has 0 N–H and O–H groups in total. The summed E-state index contributed by atoms with van der Waals surface area (Å²) < 4.78 is 7.28. The molecule has 1 aromatic heterocycles. The molecule has 6 nitrogen and oxygen atoms in total. The van der Waals surface area contributed by atoms with Gasteiger partial charge in [-0.2, -0.15) is 0 Å². The van der Waals surface area contributed by atoms with Crippen LogP contribution in [0.3, 0.4) is 0 Å². The van der Waals surface area contributed by atoms with Crippen molar-refractivity contribution in [3.63, 3.8) is 0 Å². The van der Waals surface area contributed by atoms with E-state index >= 15 is 0 Å². The Morgan fingerprint density at radius 2 is 1.96 bits per heavy atom. The van der Waals surface area contributed by atoms with Crippen LogP contribution in [0, 0.1) is 13.8 Å². The highest BCUT2D eigenvalue weighted by molar-refractivity contribution is 6.32. The molecule has 0 spiro atoms. The molecule has 0 aliphatic carbocycles. The minimum absolute atomic E-state index is 0.130. The van der Waals surface area contributed by atoms with Gasteiger partial charge in [0.05, 0.1) is 17.3 Å². The number of nitrogens with zero attached hydrogens (tertiary/aromatic N) is 4. The van der Waals surface area contributed by atoms with E-state index < -0.39 is 0 Å². The maximum atomic E-state index is 12.6. The lowest BCUT2D eigenvalue weighted by molar-refractivity contribution is 0.0761. The van der Waals surface area contributed by atoms with Crippen LogP contribution in [0.1, 0.15) is 22.0 Å². The Morgan fingerprint density at radius 1 is 1.19 bits per heavy atom. The molecule has 2 aromatic carbocycles. The van der Waals surface area contributed by atoms with Gasteiger partial charge < -0.3 is 9.64 Å². The Hall–Kier alpha value is -2.86. The molecule has 0 aliphatic rings. The Bertz CT molecular complexity index is 955. The third-order valence-electron chi connectivity index (χ3n) is 4.07. The summed E-state index contributed by atoms with van der Waals surface area (Å²) >= 11 is 6.22. The van der Waals surface area contributed by atoms with Crippen LogP contribution in [0.5, 0.6) is 5.75 Å². The van der Waals surface area contributed by atoms with E-state index in [9.17, 15) is 4.79 Å². The topological polar surface area (TPSA) is 60.2 Å². The van der Waals surface area contributed by atoms with E-state index in [4.69, 9.17) is 16.3 Å². The average Bonchev–Trinajstić information content (AvgIpc) is 3.03. The lowest BCUT2D eigenvalue weighted by Crippen LogP contribution is -2.31. The van der Waals surface area contributed by atoms with Crippen molar-refractivity contribution in [1.82, 2.24) is 19.7 Å². The van der Waals surface area contributed by atoms with Crippen molar-refractivity contribution in [3.8, 4) is 11.4 Å². The molecule has 0 aliphatic heterocycles. The van der Waals surface area contributed by atoms with Crippen molar-refractivity contribution in [2.24, 2.45) is 0 Å². The Balaban J connectivity index is 1.65. The van der Waals surface area contributed by atoms with Gasteiger partial charge in [-0.05, 0) is 43.7 Å². The molecule has 0 atom stereocenters. The molecule has 0 radical (unpaired) electrons. The summed E-state index contributed by atoms with van der Waals surface area (Å²) in [7, 11) is 1.70. The van der Waals surface area contributed by atoms with Gasteiger partial charge in [0.2, 0.25) is 5.82 Å². The minimum atomic E-state index is -0.267. The maximum Gasteiger partial charge on any atom is 0.293 e. The third kappa shape index (κ3) is 4.46. The first-order valence-electron chi connectivity index (χ1n) is 8.59. The lowest BCUT2D eigenvalue weighted by atomic mass is 10.2. The number of carbonyl (C=O) groups excluding carboxylic acids is 1. The fraction of sp³-hybridized carbons (Fsp3) is 0.250. The highest BCUT2D eigenvalue weighted by atomic mass is 35.5. The van der Waals surface area contributed by atoms with Gasteiger partial charge in [0, 0.05) is 7.05 Å². The summed E-state index contributed by atoms with van der Waals surface area (Å²) in [6.45, 7) is 4.60. The molecular weight excluding hydrogens is 364 g/mol. The number of halogens is 1. The van der Waals surface area contributed by atoms with Crippen molar-refractivity contribution < 1.29 is 9.53 Å². The summed E-state index contributed by atoms with van der Waals surface area (Å²) in [5.41, 5.74) is 1.82. The van der Waals surface area contributed by atoms with E-state index in [1.54, 1.807) is 29.6 Å². The summed E-state index contributed by atoms with van der Waals surface area (Å²) in [5, 5.41) is 4.87. The minimum Gasteiger partial charge on any atom is -0.492 e. The zero-order valence-corrected chi connectivity index (χ0v) is 16.3. The SMILES string of the molecule is Cc1cccc(OCCN(C)C(=O)c2nc(C)n(-c3ccccc3Cl)n2)c1. The zero-order valence-electron chi connectivity index (χ0n) is 15.5. The van der Waals surface area contributed by atoms with Crippen LogP contribution >= 0.6 is 11.6 Å². The molecule has 27 heavy (non-hydrogen) atoms. The van der Waals surface area contributed by atoms with Gasteiger partial charge in [-0.1, -0.05) is 35.9 Å². The monoisotopic (exact) mass is 384 g/mol. The Kier molecular flexibility index (Phi) is 5.76. The van der Waals surface area contributed by atoms with Gasteiger partial charge >= 0.3 is 0 Å². The summed E-state index contributed by atoms with van der Waals surface area (Å²) in [5.74, 6) is 1.24. The second-order valence-corrected chi connectivity index (χ2v) is 6.64. The number of hydrogen-bond acceptors (Lipinski definition) is 4. The second-order valence-electron chi connectivity index (χ2n) is 6.24. The van der Waals surface area contributed by atoms with Crippen LogP contribution in [0.2, 0.25) is 5.02 Å². The predicted molar refractivity (Wildman–Crippen MR) is 105 cm³/mol. The average molecular weight is 385 g/mol. The number of para-hydroxylation sites is 1. The predicted octanol–water partition coefficient (Wildman–Crippen LogP) is 3.69. The smallest absolute Gasteiger partial charge is 0.293 e. The fourth-order valence-electron chi connectivity index (χ4n) is 2.61. The lowest BCUT2D eigenvalue weighted by Gasteiger charge is -2.15. The number of aryl methyl sites for hydroxylation is 2. The molecule has 7 heteroatoms. The molecular formula is C20H21ClN4O2. The van der Waals surface area contributed by atoms with Crippen molar-refractivity contribution in [3.05, 3.63) is 70.8 Å². The van der Waals surface area contributed by atoms with Crippen LogP contribution in [0.4, 0.5) is 0 Å². The van der Waals surface area contributed by atoms with Crippen molar-refractivity contribution >= 4 is 17.5 Å². The second kappa shape index (κ2) is 8.22. The quantitative estimate of drug-likeness (QED) is 0.650. The molecule has 0 fully saturated rings. The van der Waals surface area contributed by atoms with E-state index in [1.165, 1.54) is 0 Å². The van der Waals surface area contributed by atoms with Crippen molar-refractivity contribution in [2.75, 3.05) is 20.2 Å².